The van der Waals surface area contributed by atoms with Crippen LogP contribution in [0, 0.1) is 5.92 Å². The summed E-state index contributed by atoms with van der Waals surface area (Å²) in [5.74, 6) is 0.0289. The zero-order valence-electron chi connectivity index (χ0n) is 9.98. The molecule has 0 radical (unpaired) electrons. The predicted molar refractivity (Wildman–Crippen MR) is 62.6 cm³/mol. The van der Waals surface area contributed by atoms with Crippen molar-refractivity contribution < 1.29 is 8.42 Å². The lowest BCUT2D eigenvalue weighted by molar-refractivity contribution is 0.377. The Hall–Kier alpha value is -0.770. The van der Waals surface area contributed by atoms with Gasteiger partial charge in [0.2, 0.25) is 0 Å². The molecule has 1 aliphatic heterocycles. The summed E-state index contributed by atoms with van der Waals surface area (Å²) in [6.45, 7) is 9.78. The Morgan fingerprint density at radius 2 is 1.73 bits per heavy atom. The zero-order valence-corrected chi connectivity index (χ0v) is 10.8. The van der Waals surface area contributed by atoms with Crippen molar-refractivity contribution in [2.45, 2.75) is 40.7 Å². The number of hydrogen-bond donors (Lipinski definition) is 0. The van der Waals surface area contributed by atoms with Crippen LogP contribution in [0.3, 0.4) is 0 Å². The van der Waals surface area contributed by atoms with Gasteiger partial charge in [0.25, 0.3) is 0 Å². The maximum Gasteiger partial charge on any atom is 0.199 e. The van der Waals surface area contributed by atoms with Crippen LogP contribution in [0.1, 0.15) is 34.6 Å². The van der Waals surface area contributed by atoms with Crippen LogP contribution in [-0.4, -0.2) is 19.4 Å². The zero-order chi connectivity index (χ0) is 11.8. The summed E-state index contributed by atoms with van der Waals surface area (Å²) in [6.07, 6.45) is 1.65. The van der Waals surface area contributed by atoms with Crippen LogP contribution in [-0.2, 0) is 9.84 Å². The molecule has 0 saturated carbocycles. The summed E-state index contributed by atoms with van der Waals surface area (Å²) in [5, 5.41) is 1.30. The molecule has 15 heavy (non-hydrogen) atoms. The smallest absolute Gasteiger partial charge is 0.199 e. The van der Waals surface area contributed by atoms with Gasteiger partial charge >= 0.3 is 0 Å². The largest absolute Gasteiger partial charge is 0.348 e. The molecule has 0 spiro atoms. The molecule has 1 heterocycles. The number of nitrogens with zero attached hydrogens (tertiary/aromatic N) is 1. The summed E-state index contributed by atoms with van der Waals surface area (Å²) < 4.78 is 23.7. The van der Waals surface area contributed by atoms with Crippen molar-refractivity contribution >= 4 is 9.84 Å². The fraction of sp³-hybridized carbons (Fsp3) is 0.636. The van der Waals surface area contributed by atoms with Crippen LogP contribution in [0.5, 0.6) is 0 Å². The van der Waals surface area contributed by atoms with Crippen molar-refractivity contribution in [3.05, 3.63) is 22.2 Å². The molecule has 0 fully saturated rings. The Morgan fingerprint density at radius 1 is 1.20 bits per heavy atom. The number of hydrogen-bond acceptors (Lipinski definition) is 3. The first-order valence-electron chi connectivity index (χ1n) is 5.19. The van der Waals surface area contributed by atoms with Gasteiger partial charge in [0, 0.05) is 17.9 Å². The quantitative estimate of drug-likeness (QED) is 0.730. The molecule has 0 aliphatic carbocycles. The molecule has 0 aromatic carbocycles. The summed E-state index contributed by atoms with van der Waals surface area (Å²) in [5.41, 5.74) is 0.850. The molecule has 0 bridgehead atoms. The first-order valence-corrected chi connectivity index (χ1v) is 6.74. The van der Waals surface area contributed by atoms with E-state index < -0.39 is 9.84 Å². The van der Waals surface area contributed by atoms with Crippen LogP contribution < -0.4 is 0 Å². The maximum absolute atomic E-state index is 11.8. The topological polar surface area (TPSA) is 37.4 Å². The summed E-state index contributed by atoms with van der Waals surface area (Å²) in [4.78, 5) is 2.54. The third kappa shape index (κ3) is 2.25. The fourth-order valence-electron chi connectivity index (χ4n) is 1.97. The molecule has 0 aromatic rings. The third-order valence-electron chi connectivity index (χ3n) is 2.53. The van der Waals surface area contributed by atoms with E-state index in [2.05, 4.69) is 0 Å². The van der Waals surface area contributed by atoms with E-state index in [1.807, 2.05) is 39.5 Å². The highest BCUT2D eigenvalue weighted by Gasteiger charge is 2.27. The van der Waals surface area contributed by atoms with E-state index in [4.69, 9.17) is 0 Å². The summed E-state index contributed by atoms with van der Waals surface area (Å²) in [6, 6.07) is 0.283. The molecule has 0 saturated heterocycles. The molecule has 0 aromatic heterocycles. The maximum atomic E-state index is 11.8. The van der Waals surface area contributed by atoms with Crippen molar-refractivity contribution in [3.63, 3.8) is 0 Å². The molecule has 3 nitrogen and oxygen atoms in total. The Balaban J connectivity index is 3.30. The summed E-state index contributed by atoms with van der Waals surface area (Å²) >= 11 is 0. The van der Waals surface area contributed by atoms with E-state index in [0.29, 0.717) is 4.91 Å². The molecule has 1 aliphatic rings. The first kappa shape index (κ1) is 12.3. The van der Waals surface area contributed by atoms with Gasteiger partial charge in [-0.1, -0.05) is 13.8 Å². The Labute approximate surface area is 92.4 Å². The van der Waals surface area contributed by atoms with Gasteiger partial charge in [-0.15, -0.1) is 0 Å². The van der Waals surface area contributed by atoms with Gasteiger partial charge in [-0.25, -0.2) is 8.42 Å². The standard InChI is InChI=1S/C11H19NO2S/c1-8(2)11-10(5)12(9(3)4)6-7-15(11,13)14/h6-9H,1-5H3. The molecule has 0 atom stereocenters. The highest BCUT2D eigenvalue weighted by Crippen LogP contribution is 2.30. The van der Waals surface area contributed by atoms with Crippen molar-refractivity contribution in [1.29, 1.82) is 0 Å². The lowest BCUT2D eigenvalue weighted by Gasteiger charge is -2.31. The molecule has 86 valence electrons. The minimum atomic E-state index is -3.18. The van der Waals surface area contributed by atoms with Gasteiger partial charge in [0.1, 0.15) is 0 Å². The van der Waals surface area contributed by atoms with Crippen molar-refractivity contribution in [1.82, 2.24) is 4.90 Å². The molecule has 0 N–H and O–H groups in total. The number of allylic oxidation sites excluding steroid dienone is 2. The van der Waals surface area contributed by atoms with Crippen LogP contribution in [0.4, 0.5) is 0 Å². The average Bonchev–Trinajstić information content (AvgIpc) is 2.00. The van der Waals surface area contributed by atoms with Crippen molar-refractivity contribution in [2.75, 3.05) is 0 Å². The Bertz CT molecular complexity index is 402. The van der Waals surface area contributed by atoms with Gasteiger partial charge in [-0.3, -0.25) is 0 Å². The van der Waals surface area contributed by atoms with Gasteiger partial charge in [0.05, 0.1) is 10.3 Å². The van der Waals surface area contributed by atoms with Gasteiger partial charge < -0.3 is 4.90 Å². The van der Waals surface area contributed by atoms with E-state index in [9.17, 15) is 8.42 Å². The molecule has 4 heteroatoms. The number of rotatable bonds is 2. The lowest BCUT2D eigenvalue weighted by Crippen LogP contribution is -2.30. The molecule has 0 amide bonds. The van der Waals surface area contributed by atoms with Gasteiger partial charge in [-0.05, 0) is 26.7 Å². The van der Waals surface area contributed by atoms with E-state index in [0.717, 1.165) is 5.70 Å². The monoisotopic (exact) mass is 229 g/mol. The molecular formula is C11H19NO2S. The van der Waals surface area contributed by atoms with Crippen LogP contribution in [0.25, 0.3) is 0 Å². The number of sulfone groups is 1. The average molecular weight is 229 g/mol. The normalized spacial score (nSPS) is 20.6. The van der Waals surface area contributed by atoms with E-state index in [1.54, 1.807) is 6.20 Å². The molecule has 1 rings (SSSR count). The highest BCUT2D eigenvalue weighted by molar-refractivity contribution is 7.98. The van der Waals surface area contributed by atoms with Crippen LogP contribution in [0.2, 0.25) is 0 Å². The van der Waals surface area contributed by atoms with Crippen molar-refractivity contribution in [3.8, 4) is 0 Å². The second-order valence-corrected chi connectivity index (χ2v) is 6.24. The van der Waals surface area contributed by atoms with Crippen molar-refractivity contribution in [2.24, 2.45) is 5.92 Å². The summed E-state index contributed by atoms with van der Waals surface area (Å²) in [7, 11) is -3.18. The predicted octanol–water partition coefficient (Wildman–Crippen LogP) is 2.48. The van der Waals surface area contributed by atoms with Crippen LogP contribution >= 0.6 is 0 Å². The minimum absolute atomic E-state index is 0.0289. The molecular weight excluding hydrogens is 210 g/mol. The SMILES string of the molecule is CC1=C(C(C)C)S(=O)(=O)C=CN1C(C)C. The van der Waals surface area contributed by atoms with E-state index in [-0.39, 0.29) is 12.0 Å². The Morgan fingerprint density at radius 3 is 2.13 bits per heavy atom. The fourth-order valence-corrected chi connectivity index (χ4v) is 3.58. The van der Waals surface area contributed by atoms with E-state index >= 15 is 0 Å². The highest BCUT2D eigenvalue weighted by atomic mass is 32.2. The Kier molecular flexibility index (Phi) is 3.28. The minimum Gasteiger partial charge on any atom is -0.348 e. The van der Waals surface area contributed by atoms with Gasteiger partial charge in [-0.2, -0.15) is 0 Å². The lowest BCUT2D eigenvalue weighted by atomic mass is 10.1. The van der Waals surface area contributed by atoms with Gasteiger partial charge in [0.15, 0.2) is 9.84 Å². The second kappa shape index (κ2) is 4.00. The molecule has 0 unspecified atom stereocenters. The third-order valence-corrected chi connectivity index (χ3v) is 4.39. The second-order valence-electron chi connectivity index (χ2n) is 4.44. The first-order chi connectivity index (χ1) is 6.77. The van der Waals surface area contributed by atoms with Crippen LogP contribution in [0.15, 0.2) is 22.2 Å². The van der Waals surface area contributed by atoms with E-state index in [1.165, 1.54) is 5.41 Å².